The molecule has 0 radical (unpaired) electrons. The van der Waals surface area contributed by atoms with Gasteiger partial charge in [0.2, 0.25) is 6.30 Å². The van der Waals surface area contributed by atoms with E-state index in [0.717, 1.165) is 4.57 Å². The Hall–Kier alpha value is -2.41. The second-order valence-electron chi connectivity index (χ2n) is 9.64. The van der Waals surface area contributed by atoms with Crippen molar-refractivity contribution in [3.8, 4) is 11.3 Å². The van der Waals surface area contributed by atoms with Gasteiger partial charge in [-0.25, -0.2) is 13.2 Å². The number of methoxy groups -OCH3 is 1. The second-order valence-corrected chi connectivity index (χ2v) is 10.6. The number of hydrogen-bond donors (Lipinski definition) is 2. The Labute approximate surface area is 221 Å². The molecule has 2 N–H and O–H groups in total. The van der Waals surface area contributed by atoms with Crippen molar-refractivity contribution < 1.29 is 37.5 Å². The summed E-state index contributed by atoms with van der Waals surface area (Å²) in [6.07, 6.45) is -5.24. The number of pyridine rings is 1. The van der Waals surface area contributed by atoms with E-state index in [2.05, 4.69) is 20.9 Å². The van der Waals surface area contributed by atoms with Crippen molar-refractivity contribution in [1.82, 2.24) is 9.55 Å². The molecule has 0 fully saturated rings. The van der Waals surface area contributed by atoms with Gasteiger partial charge in [0.25, 0.3) is 6.43 Å². The molecule has 0 aliphatic heterocycles. The summed E-state index contributed by atoms with van der Waals surface area (Å²) in [5.41, 5.74) is 0.670. The van der Waals surface area contributed by atoms with Gasteiger partial charge in [0, 0.05) is 46.5 Å². The van der Waals surface area contributed by atoms with Crippen LogP contribution in [0.15, 0.2) is 34.9 Å². The number of carbonyl (C=O) groups excluding carboxylic acids is 1. The van der Waals surface area contributed by atoms with Crippen molar-refractivity contribution >= 4 is 45.4 Å². The minimum absolute atomic E-state index is 0.00221. The predicted molar refractivity (Wildman–Crippen MR) is 138 cm³/mol. The number of esters is 1. The Morgan fingerprint density at radius 3 is 2.49 bits per heavy atom. The van der Waals surface area contributed by atoms with E-state index in [1.807, 2.05) is 13.8 Å². The standard InChI is InChI=1S/C25H29BBrF3N2O5/c1-13(36-5)21-18(8-15(11-31-21)26(34)35)22-19(10-25(3,4)12-37-14(2)33)17-9-16(27)6-7-20(17)32(22)24(30)23(28)29/h6-9,11,13,23-24,34-35H,10,12H2,1-5H3. The molecule has 0 aliphatic carbocycles. The highest BCUT2D eigenvalue weighted by molar-refractivity contribution is 9.10. The molecule has 0 saturated heterocycles. The average molecular weight is 585 g/mol. The summed E-state index contributed by atoms with van der Waals surface area (Å²) >= 11 is 3.41. The molecule has 0 bridgehead atoms. The Kier molecular flexibility index (Phi) is 9.10. The summed E-state index contributed by atoms with van der Waals surface area (Å²) in [7, 11) is -0.456. The number of ether oxygens (including phenoxy) is 2. The number of carbonyl (C=O) groups is 1. The Morgan fingerprint density at radius 1 is 1.24 bits per heavy atom. The first-order chi connectivity index (χ1) is 17.3. The fourth-order valence-corrected chi connectivity index (χ4v) is 4.64. The zero-order valence-electron chi connectivity index (χ0n) is 21.1. The van der Waals surface area contributed by atoms with Crippen LogP contribution < -0.4 is 5.46 Å². The maximum absolute atomic E-state index is 15.4. The minimum Gasteiger partial charge on any atom is -0.465 e. The maximum atomic E-state index is 15.4. The monoisotopic (exact) mass is 584 g/mol. The molecule has 1 aromatic carbocycles. The van der Waals surface area contributed by atoms with Crippen LogP contribution in [-0.4, -0.2) is 52.8 Å². The molecule has 37 heavy (non-hydrogen) atoms. The molecule has 2 heterocycles. The first-order valence-electron chi connectivity index (χ1n) is 11.5. The van der Waals surface area contributed by atoms with E-state index in [1.165, 1.54) is 32.4 Å². The van der Waals surface area contributed by atoms with Gasteiger partial charge in [0.05, 0.1) is 29.6 Å². The smallest absolute Gasteiger partial charge is 0.465 e. The third kappa shape index (κ3) is 6.36. The van der Waals surface area contributed by atoms with Crippen LogP contribution in [0.2, 0.25) is 0 Å². The molecule has 0 saturated carbocycles. The molecule has 0 aliphatic rings. The topological polar surface area (TPSA) is 93.8 Å². The van der Waals surface area contributed by atoms with E-state index in [9.17, 15) is 23.6 Å². The van der Waals surface area contributed by atoms with Gasteiger partial charge in [0.1, 0.15) is 0 Å². The normalized spacial score (nSPS) is 13.7. The van der Waals surface area contributed by atoms with Gasteiger partial charge in [-0.1, -0.05) is 29.8 Å². The number of nitrogens with zero attached hydrogens (tertiary/aromatic N) is 2. The lowest BCUT2D eigenvalue weighted by Crippen LogP contribution is -2.31. The van der Waals surface area contributed by atoms with Crippen molar-refractivity contribution in [2.75, 3.05) is 13.7 Å². The molecule has 0 spiro atoms. The van der Waals surface area contributed by atoms with Crippen LogP contribution in [0.3, 0.4) is 0 Å². The van der Waals surface area contributed by atoms with Crippen LogP contribution in [0.25, 0.3) is 22.2 Å². The molecule has 2 aromatic heterocycles. The average Bonchev–Trinajstić information content (AvgIpc) is 3.13. The van der Waals surface area contributed by atoms with Crippen molar-refractivity contribution in [3.05, 3.63) is 46.2 Å². The summed E-state index contributed by atoms with van der Waals surface area (Å²) in [6.45, 7) is 6.69. The molecule has 7 nitrogen and oxygen atoms in total. The van der Waals surface area contributed by atoms with Crippen LogP contribution in [0.1, 0.15) is 51.4 Å². The summed E-state index contributed by atoms with van der Waals surface area (Å²) in [5.74, 6) is -0.468. The number of hydrogen-bond acceptors (Lipinski definition) is 6. The number of aromatic nitrogens is 2. The Bertz CT molecular complexity index is 1280. The Morgan fingerprint density at radius 2 is 1.92 bits per heavy atom. The van der Waals surface area contributed by atoms with Gasteiger partial charge in [-0.15, -0.1) is 0 Å². The molecule has 0 amide bonds. The van der Waals surface area contributed by atoms with E-state index in [0.29, 0.717) is 21.1 Å². The third-order valence-corrected chi connectivity index (χ3v) is 6.57. The fourth-order valence-electron chi connectivity index (χ4n) is 4.28. The van der Waals surface area contributed by atoms with Gasteiger partial charge in [-0.3, -0.25) is 9.78 Å². The first-order valence-corrected chi connectivity index (χ1v) is 12.3. The quantitative estimate of drug-likeness (QED) is 0.265. The van der Waals surface area contributed by atoms with Gasteiger partial charge < -0.3 is 24.1 Å². The summed E-state index contributed by atoms with van der Waals surface area (Å²) in [6, 6.07) is 6.27. The fraction of sp³-hybridized carbons (Fsp3) is 0.440. The summed E-state index contributed by atoms with van der Waals surface area (Å²) < 4.78 is 55.5. The second kappa shape index (κ2) is 11.5. The summed E-state index contributed by atoms with van der Waals surface area (Å²) in [5, 5.41) is 20.2. The molecule has 2 atom stereocenters. The van der Waals surface area contributed by atoms with E-state index in [-0.39, 0.29) is 35.3 Å². The molecular formula is C25H29BBrF3N2O5. The number of halogens is 4. The van der Waals surface area contributed by atoms with Gasteiger partial charge in [0.15, 0.2) is 0 Å². The van der Waals surface area contributed by atoms with Crippen molar-refractivity contribution in [2.24, 2.45) is 5.41 Å². The van der Waals surface area contributed by atoms with Crippen LogP contribution >= 0.6 is 15.9 Å². The highest BCUT2D eigenvalue weighted by Crippen LogP contribution is 2.43. The third-order valence-electron chi connectivity index (χ3n) is 6.08. The van der Waals surface area contributed by atoms with Crippen molar-refractivity contribution in [2.45, 2.75) is 52.9 Å². The Balaban J connectivity index is 2.46. The minimum atomic E-state index is -3.34. The highest BCUT2D eigenvalue weighted by Gasteiger charge is 2.34. The first kappa shape index (κ1) is 29.2. The number of rotatable bonds is 10. The zero-order chi connectivity index (χ0) is 27.7. The maximum Gasteiger partial charge on any atom is 0.490 e. The van der Waals surface area contributed by atoms with E-state index >= 15 is 4.39 Å². The lowest BCUT2D eigenvalue weighted by molar-refractivity contribution is -0.143. The largest absolute Gasteiger partial charge is 0.490 e. The molecular weight excluding hydrogens is 556 g/mol. The van der Waals surface area contributed by atoms with Crippen LogP contribution in [0.4, 0.5) is 13.2 Å². The van der Waals surface area contributed by atoms with Crippen LogP contribution in [0.5, 0.6) is 0 Å². The lowest BCUT2D eigenvalue weighted by Gasteiger charge is -2.26. The van der Waals surface area contributed by atoms with Gasteiger partial charge >= 0.3 is 13.1 Å². The van der Waals surface area contributed by atoms with Crippen molar-refractivity contribution in [1.29, 1.82) is 0 Å². The molecule has 200 valence electrons. The van der Waals surface area contributed by atoms with Crippen LogP contribution in [-0.2, 0) is 20.7 Å². The molecule has 3 aromatic rings. The number of fused-ring (bicyclic) bond motifs is 1. The number of benzene rings is 1. The molecule has 3 rings (SSSR count). The summed E-state index contributed by atoms with van der Waals surface area (Å²) in [4.78, 5) is 15.8. The van der Waals surface area contributed by atoms with E-state index < -0.39 is 37.3 Å². The molecule has 2 unspecified atom stereocenters. The van der Waals surface area contributed by atoms with Gasteiger partial charge in [-0.05, 0) is 43.2 Å². The predicted octanol–water partition coefficient (Wildman–Crippen LogP) is 4.72. The van der Waals surface area contributed by atoms with Crippen LogP contribution in [0, 0.1) is 5.41 Å². The zero-order valence-corrected chi connectivity index (χ0v) is 22.7. The molecule has 12 heteroatoms. The van der Waals surface area contributed by atoms with E-state index in [1.54, 1.807) is 19.1 Å². The van der Waals surface area contributed by atoms with Crippen molar-refractivity contribution in [3.63, 3.8) is 0 Å². The highest BCUT2D eigenvalue weighted by atomic mass is 79.9. The number of alkyl halides is 3. The van der Waals surface area contributed by atoms with Gasteiger partial charge in [-0.2, -0.15) is 0 Å². The lowest BCUT2D eigenvalue weighted by atomic mass is 9.79. The van der Waals surface area contributed by atoms with E-state index in [4.69, 9.17) is 9.47 Å². The SMILES string of the molecule is COC(C)c1ncc(B(O)O)cc1-c1c(CC(C)(C)COC(C)=O)c2cc(Br)ccc2n1C(F)C(F)F.